The van der Waals surface area contributed by atoms with Crippen molar-refractivity contribution >= 4 is 12.1 Å². The number of carbonyl (C=O) groups excluding carboxylic acids is 2. The molecular weight excluding hydrogens is 330 g/mol. The van der Waals surface area contributed by atoms with E-state index in [2.05, 4.69) is 5.32 Å². The number of rotatable bonds is 5. The highest BCUT2D eigenvalue weighted by atomic mass is 16.6. The van der Waals surface area contributed by atoms with E-state index in [-0.39, 0.29) is 24.5 Å². The Kier molecular flexibility index (Phi) is 6.32. The summed E-state index contributed by atoms with van der Waals surface area (Å²) in [7, 11) is 0. The van der Waals surface area contributed by atoms with Gasteiger partial charge >= 0.3 is 12.1 Å². The highest BCUT2D eigenvalue weighted by molar-refractivity contribution is 5.78. The normalized spacial score (nSPS) is 22.9. The SMILES string of the molecule is CC(C)[C@]1(C(=O)OCc2ccccc2)CC[C@@H](NC(=O)OC(C)(C)C)C1. The molecule has 1 aliphatic carbocycles. The number of amides is 1. The van der Waals surface area contributed by atoms with Crippen LogP contribution in [0.25, 0.3) is 0 Å². The van der Waals surface area contributed by atoms with Gasteiger partial charge < -0.3 is 14.8 Å². The molecule has 0 aromatic heterocycles. The zero-order valence-electron chi connectivity index (χ0n) is 16.5. The Morgan fingerprint density at radius 1 is 1.23 bits per heavy atom. The van der Waals surface area contributed by atoms with E-state index in [9.17, 15) is 9.59 Å². The molecule has 0 radical (unpaired) electrons. The van der Waals surface area contributed by atoms with Gasteiger partial charge in [-0.25, -0.2) is 4.79 Å². The summed E-state index contributed by atoms with van der Waals surface area (Å²) in [6.07, 6.45) is 1.61. The molecule has 5 nitrogen and oxygen atoms in total. The molecule has 1 aliphatic rings. The van der Waals surface area contributed by atoms with Crippen molar-refractivity contribution in [3.05, 3.63) is 35.9 Å². The van der Waals surface area contributed by atoms with Crippen molar-refractivity contribution in [3.63, 3.8) is 0 Å². The van der Waals surface area contributed by atoms with Crippen molar-refractivity contribution < 1.29 is 19.1 Å². The maximum absolute atomic E-state index is 12.9. The summed E-state index contributed by atoms with van der Waals surface area (Å²) in [5.74, 6) is -0.0407. The van der Waals surface area contributed by atoms with Crippen molar-refractivity contribution in [2.75, 3.05) is 0 Å². The molecule has 0 heterocycles. The van der Waals surface area contributed by atoms with Crippen LogP contribution >= 0.6 is 0 Å². The number of carbonyl (C=O) groups is 2. The summed E-state index contributed by atoms with van der Waals surface area (Å²) in [5.41, 5.74) is -0.123. The highest BCUT2D eigenvalue weighted by Gasteiger charge is 2.49. The monoisotopic (exact) mass is 361 g/mol. The first kappa shape index (κ1) is 20.3. The molecule has 0 bridgehead atoms. The molecule has 5 heteroatoms. The van der Waals surface area contributed by atoms with Crippen LogP contribution in [0.4, 0.5) is 4.79 Å². The largest absolute Gasteiger partial charge is 0.460 e. The first-order valence-electron chi connectivity index (χ1n) is 9.33. The highest BCUT2D eigenvalue weighted by Crippen LogP contribution is 2.45. The van der Waals surface area contributed by atoms with Crippen molar-refractivity contribution in [1.29, 1.82) is 0 Å². The molecule has 1 saturated carbocycles. The fourth-order valence-corrected chi connectivity index (χ4v) is 3.49. The van der Waals surface area contributed by atoms with E-state index in [1.54, 1.807) is 0 Å². The van der Waals surface area contributed by atoms with Gasteiger partial charge in [0.05, 0.1) is 5.41 Å². The molecule has 1 N–H and O–H groups in total. The average molecular weight is 361 g/mol. The van der Waals surface area contributed by atoms with E-state index in [0.717, 1.165) is 12.0 Å². The number of esters is 1. The van der Waals surface area contributed by atoms with E-state index in [1.165, 1.54) is 0 Å². The second-order valence-electron chi connectivity index (χ2n) is 8.46. The fraction of sp³-hybridized carbons (Fsp3) is 0.619. The first-order valence-corrected chi connectivity index (χ1v) is 9.33. The van der Waals surface area contributed by atoms with Crippen LogP contribution in [-0.2, 0) is 20.9 Å². The smallest absolute Gasteiger partial charge is 0.407 e. The van der Waals surface area contributed by atoms with Crippen LogP contribution in [0, 0.1) is 11.3 Å². The molecule has 1 amide bonds. The lowest BCUT2D eigenvalue weighted by molar-refractivity contribution is -0.160. The van der Waals surface area contributed by atoms with Crippen LogP contribution < -0.4 is 5.32 Å². The Balaban J connectivity index is 1.97. The van der Waals surface area contributed by atoms with E-state index >= 15 is 0 Å². The fourth-order valence-electron chi connectivity index (χ4n) is 3.49. The Morgan fingerprint density at radius 3 is 2.46 bits per heavy atom. The summed E-state index contributed by atoms with van der Waals surface area (Å²) < 4.78 is 11.0. The second kappa shape index (κ2) is 8.11. The maximum atomic E-state index is 12.9. The number of ether oxygens (including phenoxy) is 2. The quantitative estimate of drug-likeness (QED) is 0.787. The minimum Gasteiger partial charge on any atom is -0.460 e. The van der Waals surface area contributed by atoms with Crippen molar-refractivity contribution in [1.82, 2.24) is 5.32 Å². The Bertz CT molecular complexity index is 621. The lowest BCUT2D eigenvalue weighted by Gasteiger charge is -2.31. The van der Waals surface area contributed by atoms with Gasteiger partial charge in [-0.2, -0.15) is 0 Å². The summed E-state index contributed by atoms with van der Waals surface area (Å²) in [6, 6.07) is 9.60. The maximum Gasteiger partial charge on any atom is 0.407 e. The van der Waals surface area contributed by atoms with Crippen LogP contribution in [-0.4, -0.2) is 23.7 Å². The predicted molar refractivity (Wildman–Crippen MR) is 101 cm³/mol. The van der Waals surface area contributed by atoms with Crippen molar-refractivity contribution in [2.45, 2.75) is 72.1 Å². The lowest BCUT2D eigenvalue weighted by atomic mass is 9.75. The molecule has 144 valence electrons. The number of hydrogen-bond donors (Lipinski definition) is 1. The molecule has 2 atom stereocenters. The molecule has 0 spiro atoms. The van der Waals surface area contributed by atoms with Crippen LogP contribution in [0.3, 0.4) is 0 Å². The van der Waals surface area contributed by atoms with Gasteiger partial charge in [-0.1, -0.05) is 44.2 Å². The van der Waals surface area contributed by atoms with Gasteiger partial charge in [0, 0.05) is 6.04 Å². The van der Waals surface area contributed by atoms with Crippen LogP contribution in [0.2, 0.25) is 0 Å². The molecule has 1 aromatic carbocycles. The first-order chi connectivity index (χ1) is 12.1. The molecule has 1 fully saturated rings. The van der Waals surface area contributed by atoms with Gasteiger partial charge in [0.2, 0.25) is 0 Å². The number of hydrogen-bond acceptors (Lipinski definition) is 4. The minimum atomic E-state index is -0.561. The van der Waals surface area contributed by atoms with E-state index in [0.29, 0.717) is 12.8 Å². The van der Waals surface area contributed by atoms with Gasteiger partial charge in [0.1, 0.15) is 12.2 Å². The predicted octanol–water partition coefficient (Wildman–Crippen LogP) is 4.45. The topological polar surface area (TPSA) is 64.6 Å². The molecule has 0 saturated heterocycles. The van der Waals surface area contributed by atoms with Gasteiger partial charge in [-0.05, 0) is 51.5 Å². The third kappa shape index (κ3) is 5.23. The number of alkyl carbamates (subject to hydrolysis) is 1. The average Bonchev–Trinajstić information content (AvgIpc) is 2.97. The lowest BCUT2D eigenvalue weighted by Crippen LogP contribution is -2.41. The van der Waals surface area contributed by atoms with Crippen LogP contribution in [0.5, 0.6) is 0 Å². The third-order valence-corrected chi connectivity index (χ3v) is 4.99. The molecule has 26 heavy (non-hydrogen) atoms. The zero-order valence-corrected chi connectivity index (χ0v) is 16.5. The molecule has 2 rings (SSSR count). The Hall–Kier alpha value is -2.04. The molecule has 0 aliphatic heterocycles. The van der Waals surface area contributed by atoms with E-state index in [1.807, 2.05) is 65.0 Å². The number of benzene rings is 1. The summed E-state index contributed by atoms with van der Waals surface area (Å²) in [5, 5.41) is 2.90. The molecule has 1 aromatic rings. The standard InChI is InChI=1S/C21H31NO4/c1-15(2)21(18(23)25-14-16-9-7-6-8-10-16)12-11-17(13-21)22-19(24)26-20(3,4)5/h6-10,15,17H,11-14H2,1-5H3,(H,22,24)/t17-,21+/m1/s1. The Morgan fingerprint density at radius 2 is 1.88 bits per heavy atom. The van der Waals surface area contributed by atoms with Crippen molar-refractivity contribution in [2.24, 2.45) is 11.3 Å². The van der Waals surface area contributed by atoms with Crippen molar-refractivity contribution in [3.8, 4) is 0 Å². The Labute approximate surface area is 156 Å². The molecule has 0 unspecified atom stereocenters. The van der Waals surface area contributed by atoms with Gasteiger partial charge in [0.25, 0.3) is 0 Å². The molecular formula is C21H31NO4. The minimum absolute atomic E-state index is 0.0727. The van der Waals surface area contributed by atoms with Gasteiger partial charge in [0.15, 0.2) is 0 Å². The van der Waals surface area contributed by atoms with Gasteiger partial charge in [-0.15, -0.1) is 0 Å². The number of nitrogens with one attached hydrogen (secondary N) is 1. The third-order valence-electron chi connectivity index (χ3n) is 4.99. The zero-order chi connectivity index (χ0) is 19.4. The summed E-state index contributed by atoms with van der Waals surface area (Å²) in [6.45, 7) is 9.86. The van der Waals surface area contributed by atoms with Crippen LogP contribution in [0.1, 0.15) is 59.4 Å². The summed E-state index contributed by atoms with van der Waals surface area (Å²) >= 11 is 0. The summed E-state index contributed by atoms with van der Waals surface area (Å²) in [4.78, 5) is 24.9. The van der Waals surface area contributed by atoms with E-state index in [4.69, 9.17) is 9.47 Å². The van der Waals surface area contributed by atoms with Gasteiger partial charge in [-0.3, -0.25) is 4.79 Å². The van der Waals surface area contributed by atoms with E-state index < -0.39 is 17.1 Å². The second-order valence-corrected chi connectivity index (χ2v) is 8.46. The van der Waals surface area contributed by atoms with Crippen LogP contribution in [0.15, 0.2) is 30.3 Å².